The lowest BCUT2D eigenvalue weighted by Crippen LogP contribution is -2.66. The highest BCUT2D eigenvalue weighted by Crippen LogP contribution is 2.62. The summed E-state index contributed by atoms with van der Waals surface area (Å²) in [6.45, 7) is 3.76. The minimum absolute atomic E-state index is 0.148. The van der Waals surface area contributed by atoms with E-state index in [1.165, 1.54) is 20.9 Å². The van der Waals surface area contributed by atoms with E-state index in [-0.39, 0.29) is 23.5 Å². The number of likely N-dealkylation sites (N-methyl/N-ethyl adjacent to an activating group) is 1. The fourth-order valence-electron chi connectivity index (χ4n) is 13.9. The van der Waals surface area contributed by atoms with Crippen LogP contribution < -0.4 is 62.5 Å². The highest BCUT2D eigenvalue weighted by Gasteiger charge is 2.53. The highest BCUT2D eigenvalue weighted by atomic mass is 35.5. The number of aliphatic hydroxyl groups excluding tert-OH is 6. The normalized spacial score (nSPS) is 27.0. The molecule has 7 heterocycles. The van der Waals surface area contributed by atoms with E-state index in [1.807, 2.05) is 0 Å². The van der Waals surface area contributed by atoms with Crippen molar-refractivity contribution in [3.63, 3.8) is 0 Å². The van der Waals surface area contributed by atoms with Crippen LogP contribution in [0.5, 0.6) is 46.0 Å². The molecular formula is C72H85Cl2N9O34P2. The van der Waals surface area contributed by atoms with E-state index in [1.54, 1.807) is 13.8 Å². The summed E-state index contributed by atoms with van der Waals surface area (Å²) in [5.41, 5.74) is 0.497. The Balaban J connectivity index is 1.15. The molecule has 0 spiro atoms. The highest BCUT2D eigenvalue weighted by molar-refractivity contribution is 7.70. The fourth-order valence-corrected chi connectivity index (χ4v) is 16.8. The molecular weight excluding hydrogens is 1670 g/mol. The number of hydrogen-bond donors (Lipinski definition) is 23. The molecule has 2 saturated heterocycles. The average molecular weight is 1750 g/mol. The number of carboxylic acids is 1. The predicted octanol–water partition coefficient (Wildman–Crippen LogP) is -0.164. The van der Waals surface area contributed by atoms with E-state index in [0.717, 1.165) is 78.9 Å². The van der Waals surface area contributed by atoms with Crippen molar-refractivity contribution in [2.24, 2.45) is 11.7 Å². The summed E-state index contributed by atoms with van der Waals surface area (Å²) in [6.07, 6.45) is -25.0. The Morgan fingerprint density at radius 3 is 1.87 bits per heavy atom. The van der Waals surface area contributed by atoms with Gasteiger partial charge in [0.2, 0.25) is 60.2 Å². The van der Waals surface area contributed by atoms with Crippen molar-refractivity contribution in [1.82, 2.24) is 42.5 Å². The third kappa shape index (κ3) is 21.0. The van der Waals surface area contributed by atoms with Gasteiger partial charge in [-0.3, -0.25) is 47.5 Å². The topological polar surface area (TPSA) is 684 Å². The molecule has 2 fully saturated rings. The molecule has 11 bridgehead atoms. The lowest BCUT2D eigenvalue weighted by Gasteiger charge is -2.48. The number of primary amides is 1. The Morgan fingerprint density at radius 2 is 1.29 bits per heavy atom. The summed E-state index contributed by atoms with van der Waals surface area (Å²) in [6, 6.07) is -2.03. The Hall–Kier alpha value is -10.1. The first-order chi connectivity index (χ1) is 55.8. The molecule has 18 atom stereocenters. The second-order valence-electron chi connectivity index (χ2n) is 29.0. The van der Waals surface area contributed by atoms with Crippen molar-refractivity contribution < 1.29 is 166 Å². The predicted molar refractivity (Wildman–Crippen MR) is 403 cm³/mol. The van der Waals surface area contributed by atoms with E-state index in [0.29, 0.717) is 0 Å². The summed E-state index contributed by atoms with van der Waals surface area (Å²) in [5.74, 6) is -18.6. The van der Waals surface area contributed by atoms with Crippen molar-refractivity contribution in [3.05, 3.63) is 117 Å². The second-order valence-corrected chi connectivity index (χ2v) is 33.8. The molecule has 47 heteroatoms. The molecule has 0 aromatic heterocycles. The van der Waals surface area contributed by atoms with Crippen molar-refractivity contribution in [1.29, 1.82) is 0 Å². The molecule has 7 aliphatic rings. The Labute approximate surface area is 683 Å². The van der Waals surface area contributed by atoms with E-state index < -0.39 is 312 Å². The smallest absolute Gasteiger partial charge is 0.410 e. The maximum atomic E-state index is 16.2. The number of carbonyl (C=O) groups is 10. The molecule has 5 aromatic carbocycles. The summed E-state index contributed by atoms with van der Waals surface area (Å²) in [7, 11) is -9.47. The van der Waals surface area contributed by atoms with Crippen molar-refractivity contribution in [2.75, 3.05) is 20.4 Å². The molecule has 646 valence electrons. The monoisotopic (exact) mass is 1750 g/mol. The summed E-state index contributed by atoms with van der Waals surface area (Å²) in [4.78, 5) is 181. The number of esters is 1. The van der Waals surface area contributed by atoms with Crippen LogP contribution in [0.4, 0.5) is 4.79 Å². The quantitative estimate of drug-likeness (QED) is 0.0258. The molecule has 12 rings (SSSR count). The van der Waals surface area contributed by atoms with E-state index >= 15 is 14.4 Å². The number of alkyl carbamates (subject to hydrolysis) is 1. The number of hydrogen-bond acceptors (Lipinski definition) is 30. The molecule has 0 unspecified atom stereocenters. The summed E-state index contributed by atoms with van der Waals surface area (Å²) < 4.78 is 71.7. The van der Waals surface area contributed by atoms with E-state index in [9.17, 15) is 113 Å². The molecule has 5 aromatic rings. The number of aliphatic carboxylic acids is 1. The maximum Gasteiger partial charge on any atom is 0.410 e. The van der Waals surface area contributed by atoms with Crippen LogP contribution in [0.1, 0.15) is 118 Å². The first-order valence-corrected chi connectivity index (χ1v) is 40.3. The minimum Gasteiger partial charge on any atom is -0.508 e. The lowest BCUT2D eigenvalue weighted by atomic mass is 9.85. The van der Waals surface area contributed by atoms with Gasteiger partial charge in [-0.2, -0.15) is 0 Å². The minimum atomic E-state index is -5.45. The number of carbonyl (C=O) groups excluding carboxylic acids is 9. The van der Waals surface area contributed by atoms with Crippen LogP contribution in [0.2, 0.25) is 10.0 Å². The molecule has 0 aliphatic carbocycles. The van der Waals surface area contributed by atoms with Gasteiger partial charge in [0.25, 0.3) is 0 Å². The summed E-state index contributed by atoms with van der Waals surface area (Å²) in [5, 5.41) is 132. The number of aromatic hydroxyl groups is 3. The van der Waals surface area contributed by atoms with Gasteiger partial charge in [-0.1, -0.05) is 55.2 Å². The van der Waals surface area contributed by atoms with Gasteiger partial charge in [-0.25, -0.2) is 9.59 Å². The number of nitrogens with two attached hydrogens (primary N) is 1. The fraction of sp³-hybridized carbons (Fsp3) is 0.444. The number of nitrogens with one attached hydrogen (secondary N) is 8. The number of benzene rings is 5. The van der Waals surface area contributed by atoms with Gasteiger partial charge in [0, 0.05) is 35.6 Å². The summed E-state index contributed by atoms with van der Waals surface area (Å²) >= 11 is 14.2. The number of halogens is 2. The number of ether oxygens (including phenoxy) is 8. The first kappa shape index (κ1) is 91.2. The molecule has 43 nitrogen and oxygen atoms in total. The van der Waals surface area contributed by atoms with Crippen LogP contribution >= 0.6 is 38.4 Å². The van der Waals surface area contributed by atoms with Crippen LogP contribution in [-0.4, -0.2) is 235 Å². The van der Waals surface area contributed by atoms with Crippen LogP contribution in [0.15, 0.2) is 78.9 Å². The average Bonchev–Trinajstić information content (AvgIpc) is 0.765. The van der Waals surface area contributed by atoms with Crippen LogP contribution in [-0.2, 0) is 76.0 Å². The van der Waals surface area contributed by atoms with E-state index in [4.69, 9.17) is 66.8 Å². The molecule has 7 aliphatic heterocycles. The van der Waals surface area contributed by atoms with Gasteiger partial charge in [-0.05, 0) is 117 Å². The zero-order valence-electron chi connectivity index (χ0n) is 63.1. The van der Waals surface area contributed by atoms with Gasteiger partial charge >= 0.3 is 33.2 Å². The van der Waals surface area contributed by atoms with Crippen molar-refractivity contribution in [3.8, 4) is 57.1 Å². The molecule has 24 N–H and O–H groups in total. The number of phenolic OH excluding ortho intramolecular Hbond substituents is 3. The van der Waals surface area contributed by atoms with Gasteiger partial charge in [0.15, 0.2) is 35.3 Å². The molecule has 8 amide bonds. The number of phenols is 3. The first-order valence-electron chi connectivity index (χ1n) is 36.2. The van der Waals surface area contributed by atoms with Gasteiger partial charge in [0.05, 0.1) is 40.8 Å². The Bertz CT molecular complexity index is 4850. The Morgan fingerprint density at radius 1 is 0.697 bits per heavy atom. The number of rotatable bonds is 21. The molecule has 0 saturated carbocycles. The number of carboxylic acid groups (broad SMARTS) is 1. The number of aliphatic hydroxyl groups is 6. The second kappa shape index (κ2) is 37.3. The maximum absolute atomic E-state index is 16.2. The lowest BCUT2D eigenvalue weighted by molar-refractivity contribution is -0.334. The van der Waals surface area contributed by atoms with Crippen LogP contribution in [0.3, 0.4) is 0 Å². The SMILES string of the molecule is CN[C@H](CC(C)C)C(=O)N[C@H]1C(=O)N[C@@H](CC(N)=O)C(=O)N[C@H]2C(=O)N[C@H]3C(=O)N[C@H](C(=O)N[C@H](C(=O)O)c4cc(O)cc(O)c4-c4cc3ccc4O)[C@H](O)c3ccc(c(Cl)c3)Oc3cc2cc(c3O[C@@H]2O[C@H](CO)[C@@H](O)[C@H](O)[C@H]2O[C@H]2C[C@](C)(NC(=O)OCOC(=O)CCC(P(=O)(O)O)P(=O)(O)O)[C@H](O)[C@H](C)O2)Oc2ccc(cc2Cl)[C@H]1O. The van der Waals surface area contributed by atoms with Crippen LogP contribution in [0.25, 0.3) is 11.1 Å². The van der Waals surface area contributed by atoms with Crippen molar-refractivity contribution in [2.45, 2.75) is 174 Å². The standard InChI is InChI=1S/C72H85Cl2N9O34P2/c1-26(2)14-37(76-5)63(95)81-54-56(90)29-7-10-41(35(73)16-29)113-43-18-31-19-44(60(43)117-70-61(59(93)58(92)45(24-84)115-70)116-48-23-72(4,62(94)27(3)112-48)83-71(103)111-25-110-47(89)12-13-49(118(104,105)106)119(107,108)109)114-42-11-8-30(17-36(42)74)57(91)55-68(100)80-53(69(101)102)34-20-32(85)21-40(87)50(34)33-15-28(6-9-39(33)86)51(65(97)82-55)79-66(98)52(31)78-64(96)38(22-46(75)88)77-67(54)99/h6-11,15-21,26-27,37-38,45,48-49,51-59,61-62,70,76,84-87,90-94H,12-14,22-25H2,1-5H3,(H2,75,88)(H,77,99)(H,78,96)(H,79,98)(H,80,100)(H,81,95)(H,82,97)(H,83,103)(H,101,102)(H2,104,105,106)(H2,107,108,109)/t27-,37+,38-,45+,48-,51+,52+,53-,54+,55-,56+,57+,58+,59-,61+,62+,70-,72-/m0/s1. The zero-order chi connectivity index (χ0) is 87.5. The zero-order valence-corrected chi connectivity index (χ0v) is 66.4. The van der Waals surface area contributed by atoms with Crippen molar-refractivity contribution >= 4 is 97.8 Å². The molecule has 119 heavy (non-hydrogen) atoms. The van der Waals surface area contributed by atoms with Gasteiger partial charge in [-0.15, -0.1) is 0 Å². The van der Waals surface area contributed by atoms with E-state index in [2.05, 4.69) is 42.5 Å². The largest absolute Gasteiger partial charge is 0.508 e. The third-order valence-electron chi connectivity index (χ3n) is 19.9. The number of amides is 8. The Kier molecular flexibility index (Phi) is 28.5. The third-order valence-corrected chi connectivity index (χ3v) is 24.4. The molecule has 0 radical (unpaired) electrons. The van der Waals surface area contributed by atoms with Crippen LogP contribution in [0, 0.1) is 5.92 Å². The number of fused-ring (bicyclic) bond motifs is 15. The van der Waals surface area contributed by atoms with Gasteiger partial charge < -0.3 is 157 Å². The van der Waals surface area contributed by atoms with Gasteiger partial charge in [0.1, 0.15) is 95.6 Å².